The molecule has 1 saturated heterocycles. The van der Waals surface area contributed by atoms with Crippen molar-refractivity contribution in [3.63, 3.8) is 0 Å². The van der Waals surface area contributed by atoms with E-state index in [1.54, 1.807) is 6.20 Å². The summed E-state index contributed by atoms with van der Waals surface area (Å²) in [4.78, 5) is 14.1. The molecule has 7 heteroatoms. The van der Waals surface area contributed by atoms with E-state index in [0.29, 0.717) is 11.8 Å². The average molecular weight is 310 g/mol. The smallest absolute Gasteiger partial charge is 0.231 e. The molecule has 3 heterocycles. The van der Waals surface area contributed by atoms with E-state index >= 15 is 0 Å². The van der Waals surface area contributed by atoms with Gasteiger partial charge in [-0.1, -0.05) is 0 Å². The number of anilines is 4. The highest BCUT2D eigenvalue weighted by Crippen LogP contribution is 2.23. The molecule has 0 atom stereocenters. The molecule has 2 aromatic heterocycles. The highest BCUT2D eigenvalue weighted by molar-refractivity contribution is 5.87. The molecular weight excluding hydrogens is 292 g/mol. The fourth-order valence-electron chi connectivity index (χ4n) is 2.73. The molecule has 23 heavy (non-hydrogen) atoms. The number of fused-ring (bicyclic) bond motifs is 1. The lowest BCUT2D eigenvalue weighted by Crippen LogP contribution is -2.36. The molecule has 1 aliphatic heterocycles. The normalized spacial score (nSPS) is 15.0. The van der Waals surface area contributed by atoms with Gasteiger partial charge in [-0.05, 0) is 30.3 Å². The number of rotatable bonds is 3. The number of H-pyrrole nitrogens is 1. The van der Waals surface area contributed by atoms with Crippen LogP contribution >= 0.6 is 0 Å². The Hall–Kier alpha value is -2.80. The van der Waals surface area contributed by atoms with Gasteiger partial charge in [-0.2, -0.15) is 9.97 Å². The largest absolute Gasteiger partial charge is 0.383 e. The third kappa shape index (κ3) is 2.78. The topological polar surface area (TPSA) is 92.1 Å². The van der Waals surface area contributed by atoms with Crippen LogP contribution in [0.5, 0.6) is 0 Å². The minimum atomic E-state index is 0.462. The van der Waals surface area contributed by atoms with Crippen LogP contribution in [0.1, 0.15) is 0 Å². The quantitative estimate of drug-likeness (QED) is 0.686. The van der Waals surface area contributed by atoms with Gasteiger partial charge in [0, 0.05) is 30.7 Å². The first-order valence-corrected chi connectivity index (χ1v) is 7.60. The van der Waals surface area contributed by atoms with Crippen molar-refractivity contribution in [2.24, 2.45) is 0 Å². The molecule has 1 aromatic carbocycles. The Balaban J connectivity index is 1.53. The van der Waals surface area contributed by atoms with E-state index in [-0.39, 0.29) is 0 Å². The minimum Gasteiger partial charge on any atom is -0.383 e. The summed E-state index contributed by atoms with van der Waals surface area (Å²) in [5.74, 6) is 0.945. The molecule has 0 amide bonds. The first-order valence-electron chi connectivity index (χ1n) is 7.60. The monoisotopic (exact) mass is 310 g/mol. The fourth-order valence-corrected chi connectivity index (χ4v) is 2.73. The molecule has 0 unspecified atom stereocenters. The lowest BCUT2D eigenvalue weighted by Gasteiger charge is -2.28. The molecule has 0 bridgehead atoms. The van der Waals surface area contributed by atoms with Crippen LogP contribution in [0.2, 0.25) is 0 Å². The Labute approximate surface area is 133 Å². The number of nitrogens with zero attached hydrogens (tertiary/aromatic N) is 3. The van der Waals surface area contributed by atoms with Gasteiger partial charge in [-0.25, -0.2) is 0 Å². The van der Waals surface area contributed by atoms with E-state index in [1.807, 2.05) is 18.2 Å². The van der Waals surface area contributed by atoms with Gasteiger partial charge in [0.05, 0.1) is 18.6 Å². The van der Waals surface area contributed by atoms with Crippen molar-refractivity contribution in [1.82, 2.24) is 15.0 Å². The zero-order valence-corrected chi connectivity index (χ0v) is 12.6. The van der Waals surface area contributed by atoms with Crippen LogP contribution in [0.3, 0.4) is 0 Å². The third-order valence-electron chi connectivity index (χ3n) is 3.94. The van der Waals surface area contributed by atoms with Crippen LogP contribution in [0, 0.1) is 0 Å². The maximum absolute atomic E-state index is 5.95. The van der Waals surface area contributed by atoms with Crippen LogP contribution in [0.15, 0.2) is 36.5 Å². The molecule has 0 radical (unpaired) electrons. The maximum Gasteiger partial charge on any atom is 0.231 e. The Morgan fingerprint density at radius 1 is 1.09 bits per heavy atom. The number of nitrogens with one attached hydrogen (secondary N) is 2. The number of nitrogen functional groups attached to an aromatic ring is 1. The molecule has 4 rings (SSSR count). The van der Waals surface area contributed by atoms with E-state index in [4.69, 9.17) is 10.5 Å². The average Bonchev–Trinajstić information content (AvgIpc) is 3.05. The molecule has 1 aliphatic rings. The summed E-state index contributed by atoms with van der Waals surface area (Å²) in [5.41, 5.74) is 8.79. The van der Waals surface area contributed by atoms with Gasteiger partial charge in [0.15, 0.2) is 0 Å². The molecular formula is C16H18N6O. The molecule has 4 N–H and O–H groups in total. The van der Waals surface area contributed by atoms with Crippen molar-refractivity contribution in [1.29, 1.82) is 0 Å². The summed E-state index contributed by atoms with van der Waals surface area (Å²) in [6, 6.07) is 10.1. The summed E-state index contributed by atoms with van der Waals surface area (Å²) in [7, 11) is 0. The fraction of sp³-hybridized carbons (Fsp3) is 0.250. The van der Waals surface area contributed by atoms with Crippen LogP contribution in [0.25, 0.3) is 11.0 Å². The van der Waals surface area contributed by atoms with Crippen molar-refractivity contribution in [2.75, 3.05) is 42.3 Å². The van der Waals surface area contributed by atoms with Crippen molar-refractivity contribution in [3.05, 3.63) is 36.5 Å². The predicted octanol–water partition coefficient (Wildman–Crippen LogP) is 2.12. The number of ether oxygens (including phenoxy) is 1. The Morgan fingerprint density at radius 3 is 2.65 bits per heavy atom. The highest BCUT2D eigenvalue weighted by atomic mass is 16.5. The second-order valence-corrected chi connectivity index (χ2v) is 5.44. The van der Waals surface area contributed by atoms with Gasteiger partial charge >= 0.3 is 0 Å². The summed E-state index contributed by atoms with van der Waals surface area (Å²) >= 11 is 0. The summed E-state index contributed by atoms with van der Waals surface area (Å²) < 4.78 is 5.38. The van der Waals surface area contributed by atoms with Crippen LogP contribution in [-0.2, 0) is 4.74 Å². The number of aromatic amines is 1. The van der Waals surface area contributed by atoms with E-state index in [1.165, 1.54) is 5.69 Å². The second-order valence-electron chi connectivity index (χ2n) is 5.44. The maximum atomic E-state index is 5.95. The van der Waals surface area contributed by atoms with Gasteiger partial charge in [-0.3, -0.25) is 0 Å². The first kappa shape index (κ1) is 13.8. The number of morpholine rings is 1. The Morgan fingerprint density at radius 2 is 1.87 bits per heavy atom. The molecule has 0 spiro atoms. The van der Waals surface area contributed by atoms with E-state index in [0.717, 1.165) is 43.0 Å². The van der Waals surface area contributed by atoms with Gasteiger partial charge < -0.3 is 25.7 Å². The molecule has 0 aliphatic carbocycles. The second kappa shape index (κ2) is 5.77. The molecule has 118 valence electrons. The summed E-state index contributed by atoms with van der Waals surface area (Å²) in [6.45, 7) is 3.42. The standard InChI is InChI=1S/C16H18N6O/c17-14-13-5-6-18-15(13)21-16(20-14)19-11-1-3-12(4-2-11)22-7-9-23-10-8-22/h1-6H,7-10H2,(H4,17,18,19,20,21). The zero-order valence-electron chi connectivity index (χ0n) is 12.6. The molecule has 0 saturated carbocycles. The zero-order chi connectivity index (χ0) is 15.6. The van der Waals surface area contributed by atoms with E-state index in [2.05, 4.69) is 37.3 Å². The van der Waals surface area contributed by atoms with Crippen molar-refractivity contribution >= 4 is 34.2 Å². The van der Waals surface area contributed by atoms with Crippen LogP contribution in [0.4, 0.5) is 23.1 Å². The SMILES string of the molecule is Nc1nc(Nc2ccc(N3CCOCC3)cc2)nc2[nH]ccc12. The Kier molecular flexibility index (Phi) is 3.47. The van der Waals surface area contributed by atoms with Crippen molar-refractivity contribution in [2.45, 2.75) is 0 Å². The van der Waals surface area contributed by atoms with E-state index in [9.17, 15) is 0 Å². The molecule has 7 nitrogen and oxygen atoms in total. The number of benzene rings is 1. The number of nitrogens with two attached hydrogens (primary N) is 1. The highest BCUT2D eigenvalue weighted by Gasteiger charge is 2.11. The van der Waals surface area contributed by atoms with Gasteiger partial charge in [0.2, 0.25) is 5.95 Å². The number of hydrogen-bond donors (Lipinski definition) is 3. The van der Waals surface area contributed by atoms with Gasteiger partial charge in [0.1, 0.15) is 11.5 Å². The van der Waals surface area contributed by atoms with Crippen LogP contribution < -0.4 is 16.0 Å². The minimum absolute atomic E-state index is 0.462. The van der Waals surface area contributed by atoms with Crippen molar-refractivity contribution < 1.29 is 4.74 Å². The lowest BCUT2D eigenvalue weighted by molar-refractivity contribution is 0.122. The first-order chi connectivity index (χ1) is 11.3. The molecule has 1 fully saturated rings. The van der Waals surface area contributed by atoms with E-state index < -0.39 is 0 Å². The Bertz CT molecular complexity index is 807. The third-order valence-corrected chi connectivity index (χ3v) is 3.94. The van der Waals surface area contributed by atoms with Gasteiger partial charge in [0.25, 0.3) is 0 Å². The van der Waals surface area contributed by atoms with Crippen molar-refractivity contribution in [3.8, 4) is 0 Å². The number of hydrogen-bond acceptors (Lipinski definition) is 6. The lowest BCUT2D eigenvalue weighted by atomic mass is 10.2. The van der Waals surface area contributed by atoms with Gasteiger partial charge in [-0.15, -0.1) is 0 Å². The summed E-state index contributed by atoms with van der Waals surface area (Å²) in [5, 5.41) is 4.02. The predicted molar refractivity (Wildman–Crippen MR) is 91.1 cm³/mol. The molecule has 3 aromatic rings. The summed E-state index contributed by atoms with van der Waals surface area (Å²) in [6.07, 6.45) is 1.80. The van der Waals surface area contributed by atoms with Crippen LogP contribution in [-0.4, -0.2) is 41.3 Å². The number of aromatic nitrogens is 3.